The summed E-state index contributed by atoms with van der Waals surface area (Å²) < 4.78 is 0. The molecule has 226 valence electrons. The molecule has 0 aliphatic heterocycles. The summed E-state index contributed by atoms with van der Waals surface area (Å²) in [5.41, 5.74) is 3.14. The van der Waals surface area contributed by atoms with Crippen LogP contribution in [-0.2, 0) is 20.8 Å². The number of carbonyl (C=O) groups excluding carboxylic acids is 4. The van der Waals surface area contributed by atoms with Gasteiger partial charge in [-0.15, -0.1) is 0 Å². The fraction of sp³-hybridized carbons (Fsp3) is 0.722. The number of fused-ring (bicyclic) bond motifs is 1. The van der Waals surface area contributed by atoms with Gasteiger partial charge in [0.1, 0.15) is 17.3 Å². The van der Waals surface area contributed by atoms with E-state index < -0.39 is 0 Å². The van der Waals surface area contributed by atoms with E-state index in [0.717, 1.165) is 67.6 Å². The van der Waals surface area contributed by atoms with Crippen molar-refractivity contribution < 1.29 is 19.2 Å². The molecule has 0 heterocycles. The molecule has 3 unspecified atom stereocenters. The van der Waals surface area contributed by atoms with E-state index in [4.69, 9.17) is 0 Å². The number of Topliss-reactive ketones (excluding diaryl/α,β-unsaturated/α-hetero) is 4. The van der Waals surface area contributed by atoms with E-state index in [2.05, 4.69) is 26.8 Å². The molecule has 0 aromatic heterocycles. The molecule has 1 aromatic rings. The zero-order valence-corrected chi connectivity index (χ0v) is 26.8. The molecule has 0 radical (unpaired) electrons. The van der Waals surface area contributed by atoms with Gasteiger partial charge >= 0.3 is 0 Å². The minimum Gasteiger partial charge on any atom is -0.300 e. The lowest BCUT2D eigenvalue weighted by molar-refractivity contribution is -0.130. The van der Waals surface area contributed by atoms with E-state index in [9.17, 15) is 19.2 Å². The van der Waals surface area contributed by atoms with E-state index in [1.165, 1.54) is 45.4 Å². The summed E-state index contributed by atoms with van der Waals surface area (Å²) in [6.07, 6.45) is 15.4. The highest BCUT2D eigenvalue weighted by atomic mass is 16.1. The summed E-state index contributed by atoms with van der Waals surface area (Å²) >= 11 is 0. The van der Waals surface area contributed by atoms with Crippen LogP contribution >= 0.6 is 0 Å². The minimum absolute atomic E-state index is 0.0460. The van der Waals surface area contributed by atoms with Gasteiger partial charge < -0.3 is 4.79 Å². The molecule has 4 heteroatoms. The van der Waals surface area contributed by atoms with Gasteiger partial charge in [0.15, 0.2) is 5.78 Å². The van der Waals surface area contributed by atoms with Crippen molar-refractivity contribution in [1.82, 2.24) is 0 Å². The molecule has 1 saturated carbocycles. The van der Waals surface area contributed by atoms with Gasteiger partial charge in [0.25, 0.3) is 0 Å². The number of aryl methyl sites for hydroxylation is 1. The maximum atomic E-state index is 12.7. The lowest BCUT2D eigenvalue weighted by Gasteiger charge is -2.31. The Morgan fingerprint density at radius 3 is 2.10 bits per heavy atom. The number of ketones is 4. The molecule has 2 aliphatic carbocycles. The lowest BCUT2D eigenvalue weighted by Crippen LogP contribution is -2.29. The molecule has 1 aromatic carbocycles. The number of benzene rings is 1. The second kappa shape index (κ2) is 19.9. The van der Waals surface area contributed by atoms with Crippen molar-refractivity contribution in [3.63, 3.8) is 0 Å². The van der Waals surface area contributed by atoms with Crippen LogP contribution in [0.3, 0.4) is 0 Å². The maximum Gasteiger partial charge on any atom is 0.163 e. The maximum absolute atomic E-state index is 12.7. The van der Waals surface area contributed by atoms with Crippen molar-refractivity contribution in [3.8, 4) is 0 Å². The van der Waals surface area contributed by atoms with Crippen LogP contribution in [-0.4, -0.2) is 23.1 Å². The Balaban J connectivity index is 0.000000472. The summed E-state index contributed by atoms with van der Waals surface area (Å²) in [4.78, 5) is 47.3. The van der Waals surface area contributed by atoms with Crippen LogP contribution in [0.4, 0.5) is 0 Å². The van der Waals surface area contributed by atoms with Crippen LogP contribution in [0.15, 0.2) is 18.2 Å². The van der Waals surface area contributed by atoms with Gasteiger partial charge in [0.05, 0.1) is 6.42 Å². The summed E-state index contributed by atoms with van der Waals surface area (Å²) in [7, 11) is 0. The highest BCUT2D eigenvalue weighted by Crippen LogP contribution is 2.36. The van der Waals surface area contributed by atoms with Gasteiger partial charge in [-0.1, -0.05) is 97.3 Å². The molecule has 0 saturated heterocycles. The Kier molecular flexibility index (Phi) is 17.9. The summed E-state index contributed by atoms with van der Waals surface area (Å²) in [6.45, 7) is 13.6. The third kappa shape index (κ3) is 13.0. The smallest absolute Gasteiger partial charge is 0.163 e. The van der Waals surface area contributed by atoms with Gasteiger partial charge in [0.2, 0.25) is 0 Å². The normalized spacial score (nSPS) is 18.3. The Morgan fingerprint density at radius 1 is 0.900 bits per heavy atom. The molecule has 40 heavy (non-hydrogen) atoms. The second-order valence-corrected chi connectivity index (χ2v) is 12.4. The molecule has 2 aliphatic rings. The van der Waals surface area contributed by atoms with Crippen molar-refractivity contribution >= 4 is 23.1 Å². The van der Waals surface area contributed by atoms with Crippen LogP contribution < -0.4 is 0 Å². The average Bonchev–Trinajstić information content (AvgIpc) is 2.89. The van der Waals surface area contributed by atoms with E-state index in [0.29, 0.717) is 18.1 Å². The van der Waals surface area contributed by atoms with Crippen LogP contribution in [0.5, 0.6) is 0 Å². The molecule has 0 spiro atoms. The molecule has 3 atom stereocenters. The molecule has 1 fully saturated rings. The summed E-state index contributed by atoms with van der Waals surface area (Å²) in [6, 6.07) is 6.10. The fourth-order valence-corrected chi connectivity index (χ4v) is 6.58. The third-order valence-electron chi connectivity index (χ3n) is 8.39. The first-order valence-electron chi connectivity index (χ1n) is 16.2. The Labute approximate surface area is 245 Å². The SMILES string of the molecule is CC(=O)CCC1CCCCC1.CCC.CCCC(CC1CC(=O)c2c(C)cccc2C1)C(CC)C(=O)CC(C)=O. The van der Waals surface area contributed by atoms with Gasteiger partial charge in [-0.25, -0.2) is 0 Å². The molecular formula is C36H58O4. The minimum atomic E-state index is -0.0622. The van der Waals surface area contributed by atoms with E-state index in [-0.39, 0.29) is 35.6 Å². The predicted octanol–water partition coefficient (Wildman–Crippen LogP) is 9.47. The van der Waals surface area contributed by atoms with E-state index >= 15 is 0 Å². The quantitative estimate of drug-likeness (QED) is 0.241. The Bertz CT molecular complexity index is 925. The van der Waals surface area contributed by atoms with Gasteiger partial charge in [-0.3, -0.25) is 14.4 Å². The first kappa shape index (κ1) is 35.9. The number of hydrogen-bond donors (Lipinski definition) is 0. The van der Waals surface area contributed by atoms with Gasteiger partial charge in [-0.2, -0.15) is 0 Å². The van der Waals surface area contributed by atoms with Gasteiger partial charge in [0, 0.05) is 24.3 Å². The summed E-state index contributed by atoms with van der Waals surface area (Å²) in [5, 5.41) is 0. The highest BCUT2D eigenvalue weighted by Gasteiger charge is 2.32. The highest BCUT2D eigenvalue weighted by molar-refractivity contribution is 6.00. The molecule has 0 N–H and O–H groups in total. The molecule has 4 nitrogen and oxygen atoms in total. The van der Waals surface area contributed by atoms with Crippen molar-refractivity contribution in [3.05, 3.63) is 34.9 Å². The number of rotatable bonds is 12. The van der Waals surface area contributed by atoms with Crippen molar-refractivity contribution in [1.29, 1.82) is 0 Å². The van der Waals surface area contributed by atoms with Crippen LogP contribution in [0, 0.1) is 30.6 Å². The van der Waals surface area contributed by atoms with Gasteiger partial charge in [-0.05, 0) is 75.3 Å². The Hall–Kier alpha value is -2.10. The van der Waals surface area contributed by atoms with Crippen molar-refractivity contribution in [2.75, 3.05) is 0 Å². The first-order valence-corrected chi connectivity index (χ1v) is 16.2. The van der Waals surface area contributed by atoms with E-state index in [1.54, 1.807) is 6.92 Å². The Morgan fingerprint density at radius 2 is 1.55 bits per heavy atom. The molecule has 0 bridgehead atoms. The largest absolute Gasteiger partial charge is 0.300 e. The number of hydrogen-bond acceptors (Lipinski definition) is 4. The predicted molar refractivity (Wildman–Crippen MR) is 167 cm³/mol. The lowest BCUT2D eigenvalue weighted by atomic mass is 9.72. The zero-order chi connectivity index (χ0) is 30.1. The van der Waals surface area contributed by atoms with Crippen LogP contribution in [0.2, 0.25) is 0 Å². The first-order chi connectivity index (χ1) is 19.1. The second-order valence-electron chi connectivity index (χ2n) is 12.4. The standard InChI is InChI=1S/C23H32O3.C10H18O.C3H8/c1-5-8-18(20(6-2)21(25)11-16(4)24)12-17-13-19-10-7-9-15(3)23(19)22(26)14-17;1-9(11)7-8-10-5-3-2-4-6-10;1-3-2/h7,9-10,17-18,20H,5-6,8,11-14H2,1-4H3;10H,2-8H2,1H3;3H2,1-2H3. The fourth-order valence-electron chi connectivity index (χ4n) is 6.58. The molecule has 3 rings (SSSR count). The van der Waals surface area contributed by atoms with Crippen molar-refractivity contribution in [2.45, 2.75) is 145 Å². The van der Waals surface area contributed by atoms with Crippen LogP contribution in [0.1, 0.15) is 153 Å². The molecule has 0 amide bonds. The monoisotopic (exact) mass is 554 g/mol. The third-order valence-corrected chi connectivity index (χ3v) is 8.39. The van der Waals surface area contributed by atoms with E-state index in [1.807, 2.05) is 26.0 Å². The zero-order valence-electron chi connectivity index (χ0n) is 26.8. The number of carbonyl (C=O) groups is 4. The summed E-state index contributed by atoms with van der Waals surface area (Å²) in [5.74, 6) is 2.00. The van der Waals surface area contributed by atoms with Crippen LogP contribution in [0.25, 0.3) is 0 Å². The average molecular weight is 555 g/mol. The topological polar surface area (TPSA) is 68.3 Å². The molecular weight excluding hydrogens is 496 g/mol. The van der Waals surface area contributed by atoms with Crippen molar-refractivity contribution in [2.24, 2.45) is 23.7 Å².